The zero-order valence-corrected chi connectivity index (χ0v) is 8.28. The summed E-state index contributed by atoms with van der Waals surface area (Å²) in [5.74, 6) is -1.46. The van der Waals surface area contributed by atoms with Crippen molar-refractivity contribution < 1.29 is 18.6 Å². The van der Waals surface area contributed by atoms with Gasteiger partial charge in [-0.1, -0.05) is 0 Å². The molecule has 1 heterocycles. The first-order valence-electron chi connectivity index (χ1n) is 4.80. The molecule has 1 aromatic rings. The van der Waals surface area contributed by atoms with Crippen LogP contribution in [0.2, 0.25) is 0 Å². The topological polar surface area (TPSA) is 53.2 Å². The van der Waals surface area contributed by atoms with Crippen LogP contribution in [0.15, 0.2) is 12.1 Å². The van der Waals surface area contributed by atoms with E-state index in [1.807, 2.05) is 0 Å². The molecule has 0 aromatic heterocycles. The summed E-state index contributed by atoms with van der Waals surface area (Å²) in [5, 5.41) is 17.9. The van der Waals surface area contributed by atoms with Gasteiger partial charge in [-0.05, 0) is 12.1 Å². The second-order valence-corrected chi connectivity index (χ2v) is 3.68. The summed E-state index contributed by atoms with van der Waals surface area (Å²) in [7, 11) is 0. The lowest BCUT2D eigenvalue weighted by Gasteiger charge is -2.11. The molecular formula is C11H9F2NO2. The fourth-order valence-corrected chi connectivity index (χ4v) is 1.75. The van der Waals surface area contributed by atoms with Crippen molar-refractivity contribution in [2.45, 2.75) is 18.6 Å². The molecule has 0 aliphatic carbocycles. The second kappa shape index (κ2) is 4.16. The van der Waals surface area contributed by atoms with Crippen molar-refractivity contribution >= 4 is 0 Å². The summed E-state index contributed by atoms with van der Waals surface area (Å²) < 4.78 is 31.9. The number of rotatable bonds is 1. The van der Waals surface area contributed by atoms with Gasteiger partial charge in [0, 0.05) is 12.0 Å². The number of hydrogen-bond donors (Lipinski definition) is 1. The highest BCUT2D eigenvalue weighted by Gasteiger charge is 2.28. The van der Waals surface area contributed by atoms with E-state index in [2.05, 4.69) is 0 Å². The highest BCUT2D eigenvalue weighted by molar-refractivity contribution is 5.37. The van der Waals surface area contributed by atoms with Crippen LogP contribution in [0.1, 0.15) is 23.7 Å². The predicted octanol–water partition coefficient (Wildman–Crippen LogP) is 1.66. The Morgan fingerprint density at radius 2 is 2.19 bits per heavy atom. The fraction of sp³-hybridized carbons (Fsp3) is 0.364. The lowest BCUT2D eigenvalue weighted by Crippen LogP contribution is -2.04. The lowest BCUT2D eigenvalue weighted by molar-refractivity contribution is 0.0868. The number of ether oxygens (including phenoxy) is 1. The Kier molecular flexibility index (Phi) is 2.86. The number of halogens is 2. The van der Waals surface area contributed by atoms with Gasteiger partial charge in [0.05, 0.1) is 24.4 Å². The van der Waals surface area contributed by atoms with E-state index in [1.165, 1.54) is 0 Å². The Morgan fingerprint density at radius 3 is 2.75 bits per heavy atom. The van der Waals surface area contributed by atoms with Crippen LogP contribution in [0.3, 0.4) is 0 Å². The summed E-state index contributed by atoms with van der Waals surface area (Å²) in [6, 6.07) is 3.41. The maximum absolute atomic E-state index is 13.7. The number of nitriles is 1. The van der Waals surface area contributed by atoms with Gasteiger partial charge in [-0.15, -0.1) is 0 Å². The monoisotopic (exact) mass is 225 g/mol. The van der Waals surface area contributed by atoms with E-state index in [-0.39, 0.29) is 24.2 Å². The van der Waals surface area contributed by atoms with Crippen LogP contribution < -0.4 is 0 Å². The van der Waals surface area contributed by atoms with Gasteiger partial charge in [-0.3, -0.25) is 0 Å². The van der Waals surface area contributed by atoms with Crippen molar-refractivity contribution in [3.05, 3.63) is 34.9 Å². The van der Waals surface area contributed by atoms with Gasteiger partial charge in [0.25, 0.3) is 0 Å². The zero-order chi connectivity index (χ0) is 11.7. The van der Waals surface area contributed by atoms with Gasteiger partial charge in [-0.25, -0.2) is 8.78 Å². The summed E-state index contributed by atoms with van der Waals surface area (Å²) in [6.07, 6.45) is -1.14. The van der Waals surface area contributed by atoms with Crippen LogP contribution in [-0.4, -0.2) is 17.8 Å². The van der Waals surface area contributed by atoms with E-state index in [1.54, 1.807) is 6.07 Å². The Morgan fingerprint density at radius 1 is 1.44 bits per heavy atom. The van der Waals surface area contributed by atoms with Gasteiger partial charge >= 0.3 is 0 Å². The average Bonchev–Trinajstić information content (AvgIpc) is 2.67. The first-order valence-corrected chi connectivity index (χ1v) is 4.80. The third-order valence-corrected chi connectivity index (χ3v) is 2.51. The molecule has 1 saturated heterocycles. The first kappa shape index (κ1) is 11.0. The molecule has 0 radical (unpaired) electrons. The molecule has 16 heavy (non-hydrogen) atoms. The van der Waals surface area contributed by atoms with Crippen LogP contribution >= 0.6 is 0 Å². The number of hydrogen-bond acceptors (Lipinski definition) is 3. The van der Waals surface area contributed by atoms with Crippen molar-refractivity contribution in [1.82, 2.24) is 0 Å². The quantitative estimate of drug-likeness (QED) is 0.790. The highest BCUT2D eigenvalue weighted by atomic mass is 19.1. The van der Waals surface area contributed by atoms with Crippen molar-refractivity contribution in [2.75, 3.05) is 6.61 Å². The normalized spacial score (nSPS) is 24.4. The number of aliphatic hydroxyl groups is 1. The number of nitrogens with zero attached hydrogens (tertiary/aromatic N) is 1. The smallest absolute Gasteiger partial charge is 0.146 e. The lowest BCUT2D eigenvalue weighted by atomic mass is 10.0. The van der Waals surface area contributed by atoms with E-state index in [9.17, 15) is 13.9 Å². The molecular weight excluding hydrogens is 216 g/mol. The Bertz CT molecular complexity index is 456. The second-order valence-electron chi connectivity index (χ2n) is 3.68. The van der Waals surface area contributed by atoms with Crippen molar-refractivity contribution in [3.8, 4) is 6.07 Å². The summed E-state index contributed by atoms with van der Waals surface area (Å²) in [4.78, 5) is 0. The van der Waals surface area contributed by atoms with E-state index in [0.717, 1.165) is 12.1 Å². The van der Waals surface area contributed by atoms with Crippen LogP contribution in [0, 0.1) is 23.0 Å². The molecule has 84 valence electrons. The van der Waals surface area contributed by atoms with Gasteiger partial charge in [0.1, 0.15) is 17.7 Å². The van der Waals surface area contributed by atoms with Gasteiger partial charge in [0.2, 0.25) is 0 Å². The highest BCUT2D eigenvalue weighted by Crippen LogP contribution is 2.32. The minimum absolute atomic E-state index is 0.00639. The molecule has 3 nitrogen and oxygen atoms in total. The number of aliphatic hydroxyl groups excluding tert-OH is 1. The van der Waals surface area contributed by atoms with Crippen LogP contribution in [0.25, 0.3) is 0 Å². The minimum Gasteiger partial charge on any atom is -0.391 e. The SMILES string of the molecule is N#Cc1cc(F)cc(C2CC(O)CO2)c1F. The summed E-state index contributed by atoms with van der Waals surface area (Å²) in [6.45, 7) is 0.0997. The van der Waals surface area contributed by atoms with Crippen LogP contribution in [-0.2, 0) is 4.74 Å². The molecule has 1 aliphatic heterocycles. The van der Waals surface area contributed by atoms with Crippen molar-refractivity contribution in [1.29, 1.82) is 5.26 Å². The Balaban J connectivity index is 2.41. The maximum atomic E-state index is 13.7. The molecule has 1 N–H and O–H groups in total. The summed E-state index contributed by atoms with van der Waals surface area (Å²) in [5.41, 5.74) is -0.354. The summed E-state index contributed by atoms with van der Waals surface area (Å²) >= 11 is 0. The third kappa shape index (κ3) is 1.90. The third-order valence-electron chi connectivity index (χ3n) is 2.51. The van der Waals surface area contributed by atoms with Crippen LogP contribution in [0.5, 0.6) is 0 Å². The molecule has 2 atom stereocenters. The Labute approximate surface area is 90.9 Å². The average molecular weight is 225 g/mol. The van der Waals surface area contributed by atoms with Gasteiger partial charge in [-0.2, -0.15) is 5.26 Å². The van der Waals surface area contributed by atoms with Crippen molar-refractivity contribution in [2.24, 2.45) is 0 Å². The fourth-order valence-electron chi connectivity index (χ4n) is 1.75. The van der Waals surface area contributed by atoms with E-state index >= 15 is 0 Å². The molecule has 1 aromatic carbocycles. The van der Waals surface area contributed by atoms with Gasteiger partial charge < -0.3 is 9.84 Å². The minimum atomic E-state index is -0.775. The maximum Gasteiger partial charge on any atom is 0.146 e. The standard InChI is InChI=1S/C11H9F2NO2/c12-7-1-6(4-14)11(13)9(2-7)10-3-8(15)5-16-10/h1-2,8,10,15H,3,5H2. The molecule has 0 spiro atoms. The molecule has 0 bridgehead atoms. The molecule has 1 aliphatic rings. The van der Waals surface area contributed by atoms with E-state index in [0.29, 0.717) is 0 Å². The largest absolute Gasteiger partial charge is 0.391 e. The molecule has 0 saturated carbocycles. The molecule has 5 heteroatoms. The Hall–Kier alpha value is -1.51. The molecule has 1 fully saturated rings. The predicted molar refractivity (Wildman–Crippen MR) is 50.4 cm³/mol. The molecule has 2 unspecified atom stereocenters. The van der Waals surface area contributed by atoms with E-state index < -0.39 is 23.8 Å². The molecule has 2 rings (SSSR count). The number of benzene rings is 1. The van der Waals surface area contributed by atoms with Crippen molar-refractivity contribution in [3.63, 3.8) is 0 Å². The molecule has 0 amide bonds. The van der Waals surface area contributed by atoms with Crippen LogP contribution in [0.4, 0.5) is 8.78 Å². The van der Waals surface area contributed by atoms with Gasteiger partial charge in [0.15, 0.2) is 0 Å². The van der Waals surface area contributed by atoms with E-state index in [4.69, 9.17) is 10.00 Å². The first-order chi connectivity index (χ1) is 7.61. The zero-order valence-electron chi connectivity index (χ0n) is 8.28.